The average molecular weight is 490 g/mol. The molecule has 0 bridgehead atoms. The summed E-state index contributed by atoms with van der Waals surface area (Å²) in [6, 6.07) is 24.6. The number of benzene rings is 4. The number of anilines is 1. The van der Waals surface area contributed by atoms with Crippen molar-refractivity contribution in [1.29, 1.82) is 0 Å². The minimum Gasteiger partial charge on any atom is -0.435 e. The van der Waals surface area contributed by atoms with Crippen LogP contribution in [0.25, 0.3) is 33.3 Å². The number of hydrogen-bond donors (Lipinski definition) is 1. The van der Waals surface area contributed by atoms with Crippen LogP contribution in [-0.2, 0) is 4.79 Å². The van der Waals surface area contributed by atoms with Gasteiger partial charge in [-0.2, -0.15) is 0 Å². The van der Waals surface area contributed by atoms with Crippen LogP contribution >= 0.6 is 0 Å². The van der Waals surface area contributed by atoms with Crippen LogP contribution in [-0.4, -0.2) is 33.6 Å². The third-order valence-electron chi connectivity index (χ3n) is 6.70. The molecule has 0 saturated heterocycles. The van der Waals surface area contributed by atoms with Crippen molar-refractivity contribution >= 4 is 45.3 Å². The molecule has 1 N–H and O–H groups in total. The predicted octanol–water partition coefficient (Wildman–Crippen LogP) is 5.91. The molecule has 182 valence electrons. The second-order valence-electron chi connectivity index (χ2n) is 9.40. The number of para-hydroxylation sites is 1. The number of amides is 3. The molecule has 6 rings (SSSR count). The molecule has 5 aromatic rings. The quantitative estimate of drug-likeness (QED) is 0.310. The molecule has 0 spiro atoms. The smallest absolute Gasteiger partial charge is 0.262 e. The molecule has 0 saturated carbocycles. The van der Waals surface area contributed by atoms with E-state index in [2.05, 4.69) is 10.3 Å². The van der Waals surface area contributed by atoms with E-state index in [1.807, 2.05) is 62.4 Å². The van der Waals surface area contributed by atoms with Crippen LogP contribution in [0.2, 0.25) is 0 Å². The Hall–Kier alpha value is -4.78. The van der Waals surface area contributed by atoms with Gasteiger partial charge in [0.25, 0.3) is 11.8 Å². The van der Waals surface area contributed by atoms with E-state index < -0.39 is 23.8 Å². The van der Waals surface area contributed by atoms with E-state index in [0.29, 0.717) is 39.4 Å². The van der Waals surface area contributed by atoms with E-state index in [-0.39, 0.29) is 5.92 Å². The normalized spacial score (nSPS) is 14.0. The van der Waals surface area contributed by atoms with Crippen LogP contribution in [0.4, 0.5) is 5.69 Å². The van der Waals surface area contributed by atoms with E-state index in [4.69, 9.17) is 4.42 Å². The fraction of sp³-hybridized carbons (Fsp3) is 0.133. The molecule has 1 atom stereocenters. The van der Waals surface area contributed by atoms with Crippen molar-refractivity contribution < 1.29 is 18.8 Å². The zero-order valence-corrected chi connectivity index (χ0v) is 20.3. The average Bonchev–Trinajstić information content (AvgIpc) is 3.45. The molecule has 7 nitrogen and oxygen atoms in total. The van der Waals surface area contributed by atoms with Crippen LogP contribution < -0.4 is 5.32 Å². The number of fused-ring (bicyclic) bond motifs is 4. The van der Waals surface area contributed by atoms with E-state index in [1.165, 1.54) is 0 Å². The molecule has 1 unspecified atom stereocenters. The number of rotatable bonds is 5. The van der Waals surface area contributed by atoms with Gasteiger partial charge in [-0.25, -0.2) is 4.98 Å². The summed E-state index contributed by atoms with van der Waals surface area (Å²) in [5.74, 6) is -1.34. The Bertz CT molecular complexity index is 1680. The summed E-state index contributed by atoms with van der Waals surface area (Å²) in [5, 5.41) is 4.92. The maximum absolute atomic E-state index is 13.6. The molecule has 1 aliphatic heterocycles. The SMILES string of the molecule is CC(C)C(C(=O)Nc1ccccc1-c1nc2ccc3ccccc3c2o1)N1C(=O)c2ccccc2C1=O. The summed E-state index contributed by atoms with van der Waals surface area (Å²) in [6.45, 7) is 3.62. The van der Waals surface area contributed by atoms with Crippen LogP contribution in [0, 0.1) is 5.92 Å². The Morgan fingerprint density at radius 2 is 1.43 bits per heavy atom. The molecule has 0 radical (unpaired) electrons. The molecule has 3 amide bonds. The monoisotopic (exact) mass is 489 g/mol. The number of carbonyl (C=O) groups excluding carboxylic acids is 3. The van der Waals surface area contributed by atoms with Gasteiger partial charge in [0.1, 0.15) is 11.6 Å². The third kappa shape index (κ3) is 3.67. The highest BCUT2D eigenvalue weighted by atomic mass is 16.3. The zero-order valence-electron chi connectivity index (χ0n) is 20.3. The minimum atomic E-state index is -0.993. The number of hydrogen-bond acceptors (Lipinski definition) is 5. The maximum atomic E-state index is 13.6. The molecule has 1 aromatic heterocycles. The lowest BCUT2D eigenvalue weighted by atomic mass is 10.0. The van der Waals surface area contributed by atoms with Gasteiger partial charge in [0.15, 0.2) is 5.58 Å². The van der Waals surface area contributed by atoms with Gasteiger partial charge in [-0.3, -0.25) is 19.3 Å². The summed E-state index contributed by atoms with van der Waals surface area (Å²) in [6.07, 6.45) is 0. The first kappa shape index (κ1) is 22.7. The molecule has 4 aromatic carbocycles. The van der Waals surface area contributed by atoms with Crippen molar-refractivity contribution in [2.45, 2.75) is 19.9 Å². The van der Waals surface area contributed by atoms with Gasteiger partial charge in [0.05, 0.1) is 22.4 Å². The zero-order chi connectivity index (χ0) is 25.7. The highest BCUT2D eigenvalue weighted by Gasteiger charge is 2.44. The van der Waals surface area contributed by atoms with Gasteiger partial charge in [0.2, 0.25) is 11.8 Å². The highest BCUT2D eigenvalue weighted by molar-refractivity contribution is 6.23. The first-order chi connectivity index (χ1) is 17.9. The van der Waals surface area contributed by atoms with Gasteiger partial charge in [-0.15, -0.1) is 0 Å². The van der Waals surface area contributed by atoms with Crippen LogP contribution in [0.3, 0.4) is 0 Å². The van der Waals surface area contributed by atoms with E-state index >= 15 is 0 Å². The van der Waals surface area contributed by atoms with Crippen molar-refractivity contribution in [3.05, 3.63) is 96.1 Å². The predicted molar refractivity (Wildman–Crippen MR) is 141 cm³/mol. The molecular weight excluding hydrogens is 466 g/mol. The van der Waals surface area contributed by atoms with Gasteiger partial charge in [-0.1, -0.05) is 68.4 Å². The molecule has 7 heteroatoms. The summed E-state index contributed by atoms with van der Waals surface area (Å²) in [7, 11) is 0. The van der Waals surface area contributed by atoms with Crippen molar-refractivity contribution in [3.8, 4) is 11.5 Å². The number of carbonyl (C=O) groups is 3. The van der Waals surface area contributed by atoms with Gasteiger partial charge >= 0.3 is 0 Å². The Kier molecular flexibility index (Phi) is 5.34. The van der Waals surface area contributed by atoms with Crippen LogP contribution in [0.15, 0.2) is 89.3 Å². The summed E-state index contributed by atoms with van der Waals surface area (Å²) in [4.78, 5) is 45.6. The van der Waals surface area contributed by atoms with E-state index in [1.54, 1.807) is 36.4 Å². The van der Waals surface area contributed by atoms with Gasteiger partial charge in [-0.05, 0) is 41.6 Å². The fourth-order valence-corrected chi connectivity index (χ4v) is 4.93. The van der Waals surface area contributed by atoms with Crippen LogP contribution in [0.1, 0.15) is 34.6 Å². The number of imide groups is 1. The Morgan fingerprint density at radius 3 is 2.14 bits per heavy atom. The molecule has 1 aliphatic rings. The Balaban J connectivity index is 1.36. The lowest BCUT2D eigenvalue weighted by Gasteiger charge is -2.28. The van der Waals surface area contributed by atoms with Crippen molar-refractivity contribution in [3.63, 3.8) is 0 Å². The second kappa shape index (κ2) is 8.71. The largest absolute Gasteiger partial charge is 0.435 e. The molecule has 0 fully saturated rings. The third-order valence-corrected chi connectivity index (χ3v) is 6.70. The minimum absolute atomic E-state index is 0.310. The second-order valence-corrected chi connectivity index (χ2v) is 9.40. The first-order valence-corrected chi connectivity index (χ1v) is 12.1. The Morgan fingerprint density at radius 1 is 0.811 bits per heavy atom. The molecule has 37 heavy (non-hydrogen) atoms. The fourth-order valence-electron chi connectivity index (χ4n) is 4.93. The molecule has 2 heterocycles. The molecular formula is C30H23N3O4. The topological polar surface area (TPSA) is 92.5 Å². The molecule has 0 aliphatic carbocycles. The number of aromatic nitrogens is 1. The standard InChI is InChI=1S/C30H23N3O4/c1-17(2)25(33-29(35)20-11-5-6-12-21(20)30(33)36)27(34)31-23-14-8-7-13-22(23)28-32-24-16-15-18-9-3-4-10-19(18)26(24)37-28/h3-17,25H,1-2H3,(H,31,34). The highest BCUT2D eigenvalue weighted by Crippen LogP contribution is 2.34. The summed E-state index contributed by atoms with van der Waals surface area (Å²) >= 11 is 0. The lowest BCUT2D eigenvalue weighted by molar-refractivity contribution is -0.121. The summed E-state index contributed by atoms with van der Waals surface area (Å²) < 4.78 is 6.19. The van der Waals surface area contributed by atoms with Crippen LogP contribution in [0.5, 0.6) is 0 Å². The number of oxazole rings is 1. The first-order valence-electron chi connectivity index (χ1n) is 12.1. The summed E-state index contributed by atoms with van der Waals surface area (Å²) in [5.41, 5.74) is 3.07. The van der Waals surface area contributed by atoms with Gasteiger partial charge in [0, 0.05) is 5.39 Å². The van der Waals surface area contributed by atoms with Crippen molar-refractivity contribution in [1.82, 2.24) is 9.88 Å². The number of nitrogens with one attached hydrogen (secondary N) is 1. The van der Waals surface area contributed by atoms with E-state index in [9.17, 15) is 14.4 Å². The Labute approximate surface area is 212 Å². The van der Waals surface area contributed by atoms with Crippen molar-refractivity contribution in [2.24, 2.45) is 5.92 Å². The van der Waals surface area contributed by atoms with Gasteiger partial charge < -0.3 is 9.73 Å². The maximum Gasteiger partial charge on any atom is 0.262 e. The lowest BCUT2D eigenvalue weighted by Crippen LogP contribution is -2.50. The van der Waals surface area contributed by atoms with Crippen molar-refractivity contribution in [2.75, 3.05) is 5.32 Å². The van der Waals surface area contributed by atoms with E-state index in [0.717, 1.165) is 15.7 Å². The number of nitrogens with zero attached hydrogens (tertiary/aromatic N) is 2.